The van der Waals surface area contributed by atoms with Crippen molar-refractivity contribution in [3.8, 4) is 0 Å². The van der Waals surface area contributed by atoms with Crippen LogP contribution in [0.25, 0.3) is 0 Å². The quantitative estimate of drug-likeness (QED) is 0.858. The van der Waals surface area contributed by atoms with Crippen molar-refractivity contribution in [2.45, 2.75) is 52.0 Å². The van der Waals surface area contributed by atoms with Gasteiger partial charge in [0.25, 0.3) is 0 Å². The number of piperidine rings is 1. The summed E-state index contributed by atoms with van der Waals surface area (Å²) in [7, 11) is 0. The maximum atomic E-state index is 12.8. The number of nitrogens with one attached hydrogen (secondary N) is 1. The average Bonchev–Trinajstić information content (AvgIpc) is 2.97. The van der Waals surface area contributed by atoms with Crippen LogP contribution in [0, 0.1) is 17.8 Å². The SMILES string of the molecule is CC(CC(=O)N1CCC(Cc2ccccc2)C1C)C1CCCNC1.Cl. The third-order valence-corrected chi connectivity index (χ3v) is 6.21. The molecule has 2 saturated heterocycles. The third-order valence-electron chi connectivity index (χ3n) is 6.21. The molecule has 140 valence electrons. The summed E-state index contributed by atoms with van der Waals surface area (Å²) in [5.74, 6) is 2.13. The first-order chi connectivity index (χ1) is 11.6. The Morgan fingerprint density at radius 2 is 2.04 bits per heavy atom. The van der Waals surface area contributed by atoms with E-state index in [2.05, 4.69) is 54.4 Å². The average molecular weight is 365 g/mol. The Morgan fingerprint density at radius 3 is 2.72 bits per heavy atom. The predicted molar refractivity (Wildman–Crippen MR) is 106 cm³/mol. The van der Waals surface area contributed by atoms with Gasteiger partial charge >= 0.3 is 0 Å². The highest BCUT2D eigenvalue weighted by Gasteiger charge is 2.34. The van der Waals surface area contributed by atoms with Gasteiger partial charge in [-0.3, -0.25) is 4.79 Å². The number of likely N-dealkylation sites (tertiary alicyclic amines) is 1. The summed E-state index contributed by atoms with van der Waals surface area (Å²) in [6, 6.07) is 11.1. The van der Waals surface area contributed by atoms with Crippen LogP contribution in [-0.2, 0) is 11.2 Å². The maximum absolute atomic E-state index is 12.8. The molecular weight excluding hydrogens is 332 g/mol. The lowest BCUT2D eigenvalue weighted by molar-refractivity contribution is -0.133. The van der Waals surface area contributed by atoms with E-state index in [1.165, 1.54) is 18.4 Å². The lowest BCUT2D eigenvalue weighted by Gasteiger charge is -2.31. The molecule has 0 spiro atoms. The normalized spacial score (nSPS) is 27.6. The second-order valence-electron chi connectivity index (χ2n) is 7.85. The molecule has 3 rings (SSSR count). The number of nitrogens with zero attached hydrogens (tertiary/aromatic N) is 1. The van der Waals surface area contributed by atoms with Gasteiger partial charge in [-0.15, -0.1) is 12.4 Å². The Morgan fingerprint density at radius 1 is 1.28 bits per heavy atom. The number of hydrogen-bond acceptors (Lipinski definition) is 2. The van der Waals surface area contributed by atoms with Crippen LogP contribution >= 0.6 is 12.4 Å². The molecule has 1 aromatic carbocycles. The van der Waals surface area contributed by atoms with E-state index >= 15 is 0 Å². The summed E-state index contributed by atoms with van der Waals surface area (Å²) in [4.78, 5) is 15.0. The largest absolute Gasteiger partial charge is 0.340 e. The Labute approximate surface area is 159 Å². The van der Waals surface area contributed by atoms with E-state index in [-0.39, 0.29) is 12.4 Å². The van der Waals surface area contributed by atoms with Gasteiger partial charge in [-0.2, -0.15) is 0 Å². The number of hydrogen-bond donors (Lipinski definition) is 1. The van der Waals surface area contributed by atoms with Gasteiger partial charge in [-0.05, 0) is 69.0 Å². The molecule has 4 unspecified atom stereocenters. The number of benzene rings is 1. The molecule has 0 radical (unpaired) electrons. The van der Waals surface area contributed by atoms with Crippen LogP contribution in [0.4, 0.5) is 0 Å². The Bertz CT molecular complexity index is 530. The zero-order chi connectivity index (χ0) is 16.9. The van der Waals surface area contributed by atoms with Crippen LogP contribution in [0.3, 0.4) is 0 Å². The second-order valence-corrected chi connectivity index (χ2v) is 7.85. The molecular formula is C21H33ClN2O. The summed E-state index contributed by atoms with van der Waals surface area (Å²) in [6.45, 7) is 7.67. The topological polar surface area (TPSA) is 32.3 Å². The van der Waals surface area contributed by atoms with Crippen molar-refractivity contribution in [2.75, 3.05) is 19.6 Å². The van der Waals surface area contributed by atoms with Gasteiger partial charge in [0.2, 0.25) is 5.91 Å². The molecule has 25 heavy (non-hydrogen) atoms. The Kier molecular flexibility index (Phi) is 7.77. The second kappa shape index (κ2) is 9.59. The van der Waals surface area contributed by atoms with Gasteiger partial charge in [0.15, 0.2) is 0 Å². The molecule has 4 atom stereocenters. The molecule has 2 aliphatic heterocycles. The van der Waals surface area contributed by atoms with Crippen LogP contribution in [0.1, 0.15) is 45.1 Å². The fourth-order valence-corrected chi connectivity index (χ4v) is 4.47. The van der Waals surface area contributed by atoms with Gasteiger partial charge in [0, 0.05) is 19.0 Å². The van der Waals surface area contributed by atoms with Crippen molar-refractivity contribution in [3.63, 3.8) is 0 Å². The van der Waals surface area contributed by atoms with Crippen LogP contribution < -0.4 is 5.32 Å². The van der Waals surface area contributed by atoms with Crippen molar-refractivity contribution < 1.29 is 4.79 Å². The molecule has 0 saturated carbocycles. The number of carbonyl (C=O) groups is 1. The van der Waals surface area contributed by atoms with Gasteiger partial charge in [-0.1, -0.05) is 37.3 Å². The lowest BCUT2D eigenvalue weighted by atomic mass is 9.85. The first-order valence-electron chi connectivity index (χ1n) is 9.69. The zero-order valence-electron chi connectivity index (χ0n) is 15.6. The van der Waals surface area contributed by atoms with E-state index in [1.807, 2.05) is 0 Å². The van der Waals surface area contributed by atoms with E-state index in [0.717, 1.165) is 38.9 Å². The molecule has 0 aliphatic carbocycles. The van der Waals surface area contributed by atoms with Gasteiger partial charge < -0.3 is 10.2 Å². The summed E-state index contributed by atoms with van der Waals surface area (Å²) >= 11 is 0. The van der Waals surface area contributed by atoms with Crippen molar-refractivity contribution in [1.82, 2.24) is 10.2 Å². The monoisotopic (exact) mass is 364 g/mol. The molecule has 2 heterocycles. The standard InChI is InChI=1S/C21H32N2O.ClH/c1-16(20-9-6-11-22-15-20)13-21(24)23-12-10-19(17(23)2)14-18-7-4-3-5-8-18;/h3-5,7-8,16-17,19-20,22H,6,9-15H2,1-2H3;1H. The predicted octanol–water partition coefficient (Wildman–Crippen LogP) is 3.91. The summed E-state index contributed by atoms with van der Waals surface area (Å²) < 4.78 is 0. The van der Waals surface area contributed by atoms with E-state index in [0.29, 0.717) is 29.7 Å². The lowest BCUT2D eigenvalue weighted by Crippen LogP contribution is -2.39. The van der Waals surface area contributed by atoms with Crippen molar-refractivity contribution in [2.24, 2.45) is 17.8 Å². The molecule has 2 aliphatic rings. The van der Waals surface area contributed by atoms with Crippen molar-refractivity contribution in [3.05, 3.63) is 35.9 Å². The van der Waals surface area contributed by atoms with Crippen LogP contribution in [0.5, 0.6) is 0 Å². The molecule has 2 fully saturated rings. The molecule has 0 aromatic heterocycles. The Balaban J connectivity index is 0.00000225. The zero-order valence-corrected chi connectivity index (χ0v) is 16.4. The van der Waals surface area contributed by atoms with Crippen LogP contribution in [0.15, 0.2) is 30.3 Å². The van der Waals surface area contributed by atoms with Crippen molar-refractivity contribution >= 4 is 18.3 Å². The number of rotatable bonds is 5. The number of amides is 1. The highest BCUT2D eigenvalue weighted by molar-refractivity contribution is 5.85. The summed E-state index contributed by atoms with van der Waals surface area (Å²) in [5, 5.41) is 3.48. The summed E-state index contributed by atoms with van der Waals surface area (Å²) in [5.41, 5.74) is 1.39. The smallest absolute Gasteiger partial charge is 0.223 e. The molecule has 1 amide bonds. The fourth-order valence-electron chi connectivity index (χ4n) is 4.47. The van der Waals surface area contributed by atoms with Gasteiger partial charge in [0.05, 0.1) is 0 Å². The van der Waals surface area contributed by atoms with Crippen LogP contribution in [0.2, 0.25) is 0 Å². The minimum Gasteiger partial charge on any atom is -0.340 e. The van der Waals surface area contributed by atoms with Gasteiger partial charge in [-0.25, -0.2) is 0 Å². The van der Waals surface area contributed by atoms with E-state index in [9.17, 15) is 4.79 Å². The van der Waals surface area contributed by atoms with E-state index in [4.69, 9.17) is 0 Å². The minimum atomic E-state index is 0. The fraction of sp³-hybridized carbons (Fsp3) is 0.667. The maximum Gasteiger partial charge on any atom is 0.223 e. The van der Waals surface area contributed by atoms with E-state index < -0.39 is 0 Å². The molecule has 1 N–H and O–H groups in total. The molecule has 3 nitrogen and oxygen atoms in total. The third kappa shape index (κ3) is 5.21. The van der Waals surface area contributed by atoms with E-state index in [1.54, 1.807) is 0 Å². The van der Waals surface area contributed by atoms with Gasteiger partial charge in [0.1, 0.15) is 0 Å². The highest BCUT2D eigenvalue weighted by atomic mass is 35.5. The Hall–Kier alpha value is -1.06. The minimum absolute atomic E-state index is 0. The molecule has 4 heteroatoms. The molecule has 0 bridgehead atoms. The summed E-state index contributed by atoms with van der Waals surface area (Å²) in [6.07, 6.45) is 5.47. The van der Waals surface area contributed by atoms with Crippen molar-refractivity contribution in [1.29, 1.82) is 0 Å². The number of carbonyl (C=O) groups excluding carboxylic acids is 1. The molecule has 1 aromatic rings. The first-order valence-corrected chi connectivity index (χ1v) is 9.69. The van der Waals surface area contributed by atoms with Crippen LogP contribution in [-0.4, -0.2) is 36.5 Å². The number of halogens is 1. The highest BCUT2D eigenvalue weighted by Crippen LogP contribution is 2.30. The first kappa shape index (κ1) is 20.3.